The number of para-hydroxylation sites is 1. The average molecular weight is 469 g/mol. The smallest absolute Gasteiger partial charge is 0.153 e. The monoisotopic (exact) mass is 466 g/mol. The molecule has 0 unspecified atom stereocenters. The van der Waals surface area contributed by atoms with Crippen LogP contribution in [0, 0.1) is 0 Å². The second-order valence-electron chi connectivity index (χ2n) is 5.70. The maximum absolute atomic E-state index is 6.32. The Morgan fingerprint density at radius 2 is 1.92 bits per heavy atom. The van der Waals surface area contributed by atoms with Crippen molar-refractivity contribution in [3.63, 3.8) is 0 Å². The van der Waals surface area contributed by atoms with Gasteiger partial charge in [-0.2, -0.15) is 0 Å². The molecule has 1 aliphatic heterocycles. The Morgan fingerprint density at radius 1 is 1.08 bits per heavy atom. The first-order valence-electron chi connectivity index (χ1n) is 7.82. The Labute approximate surface area is 164 Å². The summed E-state index contributed by atoms with van der Waals surface area (Å²) >= 11 is 13.4. The van der Waals surface area contributed by atoms with Gasteiger partial charge in [-0.3, -0.25) is 0 Å². The fraction of sp³-hybridized carbons (Fsp3) is 0.200. The standard InChI is InChI=1S/C20H17Br2ClO/c1-13-11-19(24-20-16(13)6-4-7-18(20)23)17-9-8-15(22)12-14(17)5-2-3-10-21/h4,6-9,11-12H,1-3,5,10H2. The summed E-state index contributed by atoms with van der Waals surface area (Å²) in [4.78, 5) is 0. The van der Waals surface area contributed by atoms with Gasteiger partial charge < -0.3 is 4.74 Å². The zero-order valence-corrected chi connectivity index (χ0v) is 17.0. The largest absolute Gasteiger partial charge is 0.454 e. The number of halogens is 3. The summed E-state index contributed by atoms with van der Waals surface area (Å²) in [6.07, 6.45) is 5.27. The van der Waals surface area contributed by atoms with Gasteiger partial charge in [-0.05, 0) is 60.7 Å². The van der Waals surface area contributed by atoms with Gasteiger partial charge in [0.15, 0.2) is 5.75 Å². The van der Waals surface area contributed by atoms with Crippen molar-refractivity contribution in [2.45, 2.75) is 19.3 Å². The van der Waals surface area contributed by atoms with Crippen LogP contribution in [0.2, 0.25) is 5.02 Å². The number of hydrogen-bond donors (Lipinski definition) is 0. The second-order valence-corrected chi connectivity index (χ2v) is 7.82. The Balaban J connectivity index is 1.98. The Kier molecular flexibility index (Phi) is 5.85. The lowest BCUT2D eigenvalue weighted by molar-refractivity contribution is 0.508. The predicted molar refractivity (Wildman–Crippen MR) is 110 cm³/mol. The van der Waals surface area contributed by atoms with Crippen molar-refractivity contribution in [3.8, 4) is 5.75 Å². The van der Waals surface area contributed by atoms with Crippen LogP contribution in [-0.2, 0) is 6.42 Å². The molecule has 0 N–H and O–H groups in total. The van der Waals surface area contributed by atoms with E-state index >= 15 is 0 Å². The lowest BCUT2D eigenvalue weighted by atomic mass is 9.96. The molecule has 0 atom stereocenters. The van der Waals surface area contributed by atoms with E-state index in [-0.39, 0.29) is 0 Å². The van der Waals surface area contributed by atoms with Gasteiger partial charge in [0.05, 0.1) is 5.02 Å². The third kappa shape index (κ3) is 3.79. The summed E-state index contributed by atoms with van der Waals surface area (Å²) in [5.41, 5.74) is 4.23. The molecule has 2 aromatic rings. The highest BCUT2D eigenvalue weighted by molar-refractivity contribution is 9.10. The minimum absolute atomic E-state index is 0.609. The molecule has 0 fully saturated rings. The van der Waals surface area contributed by atoms with Gasteiger partial charge in [-0.25, -0.2) is 0 Å². The van der Waals surface area contributed by atoms with Crippen LogP contribution in [0.15, 0.2) is 53.5 Å². The van der Waals surface area contributed by atoms with Gasteiger partial charge in [0.25, 0.3) is 0 Å². The Hall–Kier alpha value is -1.03. The van der Waals surface area contributed by atoms with E-state index < -0.39 is 0 Å². The minimum atomic E-state index is 0.609. The minimum Gasteiger partial charge on any atom is -0.454 e. The van der Waals surface area contributed by atoms with Gasteiger partial charge in [-0.15, -0.1) is 0 Å². The molecular formula is C20H17Br2ClO. The molecule has 0 bridgehead atoms. The van der Waals surface area contributed by atoms with Crippen molar-refractivity contribution in [3.05, 3.63) is 75.2 Å². The van der Waals surface area contributed by atoms with E-state index in [1.165, 1.54) is 5.56 Å². The molecule has 124 valence electrons. The first-order chi connectivity index (χ1) is 11.6. The molecule has 0 spiro atoms. The number of fused-ring (bicyclic) bond motifs is 1. The number of benzene rings is 2. The summed E-state index contributed by atoms with van der Waals surface area (Å²) in [6.45, 7) is 4.16. The van der Waals surface area contributed by atoms with Crippen LogP contribution in [-0.4, -0.2) is 5.33 Å². The molecule has 1 nitrogen and oxygen atoms in total. The molecule has 1 heterocycles. The summed E-state index contributed by atoms with van der Waals surface area (Å²) in [5.74, 6) is 1.50. The van der Waals surface area contributed by atoms with Crippen molar-refractivity contribution in [1.82, 2.24) is 0 Å². The van der Waals surface area contributed by atoms with E-state index in [4.69, 9.17) is 16.3 Å². The fourth-order valence-corrected chi connectivity index (χ4v) is 3.81. The second kappa shape index (κ2) is 7.90. The van der Waals surface area contributed by atoms with Gasteiger partial charge in [0.1, 0.15) is 5.76 Å². The highest BCUT2D eigenvalue weighted by Crippen LogP contribution is 2.41. The van der Waals surface area contributed by atoms with Crippen molar-refractivity contribution in [2.24, 2.45) is 0 Å². The third-order valence-electron chi connectivity index (χ3n) is 3.99. The Bertz CT molecular complexity index is 811. The number of alkyl halides is 1. The molecular weight excluding hydrogens is 451 g/mol. The van der Waals surface area contributed by atoms with Gasteiger partial charge >= 0.3 is 0 Å². The molecule has 4 heteroatoms. The molecule has 0 aliphatic carbocycles. The maximum atomic E-state index is 6.32. The van der Waals surface area contributed by atoms with Gasteiger partial charge in [0, 0.05) is 20.9 Å². The van der Waals surface area contributed by atoms with E-state index in [9.17, 15) is 0 Å². The van der Waals surface area contributed by atoms with Crippen molar-refractivity contribution in [1.29, 1.82) is 0 Å². The zero-order valence-electron chi connectivity index (χ0n) is 13.1. The summed E-state index contributed by atoms with van der Waals surface area (Å²) < 4.78 is 7.23. The first-order valence-corrected chi connectivity index (χ1v) is 10.1. The normalized spacial score (nSPS) is 13.3. The molecule has 0 saturated carbocycles. The van der Waals surface area contributed by atoms with Crippen LogP contribution in [0.25, 0.3) is 11.3 Å². The molecule has 1 aliphatic rings. The number of rotatable bonds is 5. The highest BCUT2D eigenvalue weighted by atomic mass is 79.9. The van der Waals surface area contributed by atoms with Crippen LogP contribution in [0.5, 0.6) is 5.75 Å². The predicted octanol–water partition coefficient (Wildman–Crippen LogP) is 7.27. The number of hydrogen-bond acceptors (Lipinski definition) is 1. The fourth-order valence-electron chi connectivity index (χ4n) is 2.79. The molecule has 0 radical (unpaired) electrons. The van der Waals surface area contributed by atoms with Crippen LogP contribution in [0.4, 0.5) is 0 Å². The third-order valence-corrected chi connectivity index (χ3v) is 5.34. The summed E-state index contributed by atoms with van der Waals surface area (Å²) in [7, 11) is 0. The van der Waals surface area contributed by atoms with Crippen LogP contribution in [0.3, 0.4) is 0 Å². The summed E-state index contributed by atoms with van der Waals surface area (Å²) in [5, 5.41) is 1.63. The average Bonchev–Trinajstić information content (AvgIpc) is 2.56. The van der Waals surface area contributed by atoms with Crippen LogP contribution in [0.1, 0.15) is 29.5 Å². The van der Waals surface area contributed by atoms with E-state index in [0.29, 0.717) is 10.8 Å². The van der Waals surface area contributed by atoms with Gasteiger partial charge in [-0.1, -0.05) is 62.2 Å². The number of allylic oxidation sites excluding steroid dienone is 2. The maximum Gasteiger partial charge on any atom is 0.153 e. The first kappa shape index (κ1) is 17.8. The van der Waals surface area contributed by atoms with Gasteiger partial charge in [0.2, 0.25) is 0 Å². The lowest BCUT2D eigenvalue weighted by Crippen LogP contribution is -2.06. The highest BCUT2D eigenvalue weighted by Gasteiger charge is 2.21. The number of aryl methyl sites for hydroxylation is 1. The summed E-state index contributed by atoms with van der Waals surface area (Å²) in [6, 6.07) is 12.0. The molecule has 0 aromatic heterocycles. The molecule has 0 amide bonds. The van der Waals surface area contributed by atoms with E-state index in [0.717, 1.165) is 51.5 Å². The SMILES string of the molecule is C=C1C=C(c2ccc(Br)cc2CCCCBr)Oc2c(Cl)cccc21. The van der Waals surface area contributed by atoms with Crippen molar-refractivity contribution < 1.29 is 4.74 Å². The van der Waals surface area contributed by atoms with Crippen LogP contribution < -0.4 is 4.74 Å². The topological polar surface area (TPSA) is 9.23 Å². The van der Waals surface area contributed by atoms with Crippen molar-refractivity contribution >= 4 is 54.8 Å². The van der Waals surface area contributed by atoms with E-state index in [2.05, 4.69) is 50.6 Å². The van der Waals surface area contributed by atoms with Crippen LogP contribution >= 0.6 is 43.5 Å². The molecule has 3 rings (SSSR count). The molecule has 2 aromatic carbocycles. The van der Waals surface area contributed by atoms with E-state index in [1.807, 2.05) is 30.3 Å². The number of unbranched alkanes of at least 4 members (excludes halogenated alkanes) is 1. The Morgan fingerprint density at radius 3 is 2.71 bits per heavy atom. The number of ether oxygens (including phenoxy) is 1. The quantitative estimate of drug-likeness (QED) is 0.331. The zero-order chi connectivity index (χ0) is 17.1. The lowest BCUT2D eigenvalue weighted by Gasteiger charge is -2.22. The van der Waals surface area contributed by atoms with Crippen molar-refractivity contribution in [2.75, 3.05) is 5.33 Å². The van der Waals surface area contributed by atoms with E-state index in [1.54, 1.807) is 0 Å². The molecule has 0 saturated heterocycles. The molecule has 24 heavy (non-hydrogen) atoms.